The van der Waals surface area contributed by atoms with E-state index in [0.717, 1.165) is 0 Å². The first-order valence-electron chi connectivity index (χ1n) is 5.09. The van der Waals surface area contributed by atoms with Crippen LogP contribution in [-0.2, 0) is 14.3 Å². The highest BCUT2D eigenvalue weighted by atomic mass is 35.5. The van der Waals surface area contributed by atoms with E-state index in [1.54, 1.807) is 6.92 Å². The van der Waals surface area contributed by atoms with Gasteiger partial charge in [-0.1, -0.05) is 31.5 Å². The van der Waals surface area contributed by atoms with Gasteiger partial charge in [-0.25, -0.2) is 4.79 Å². The number of aliphatic carboxylic acids is 1. The fourth-order valence-corrected chi connectivity index (χ4v) is 2.08. The first-order valence-corrected chi connectivity index (χ1v) is 5.47. The molecule has 90 valence electrons. The molecule has 2 atom stereocenters. The second-order valence-electron chi connectivity index (χ2n) is 4.40. The van der Waals surface area contributed by atoms with Gasteiger partial charge in [-0.15, -0.1) is 0 Å². The Bertz CT molecular complexity index is 346. The van der Waals surface area contributed by atoms with Crippen molar-refractivity contribution in [1.29, 1.82) is 0 Å². The van der Waals surface area contributed by atoms with E-state index in [2.05, 4.69) is 0 Å². The summed E-state index contributed by atoms with van der Waals surface area (Å²) in [6.07, 6.45) is 1.48. The average molecular weight is 247 g/mol. The molecule has 0 bridgehead atoms. The average Bonchev–Trinajstić information content (AvgIpc) is 2.68. The van der Waals surface area contributed by atoms with E-state index in [1.807, 2.05) is 13.8 Å². The summed E-state index contributed by atoms with van der Waals surface area (Å²) in [6.45, 7) is 5.60. The van der Waals surface area contributed by atoms with Gasteiger partial charge in [-0.05, 0) is 18.3 Å². The van der Waals surface area contributed by atoms with Gasteiger partial charge in [0.2, 0.25) is 0 Å². The number of carbonyl (C=O) groups is 2. The van der Waals surface area contributed by atoms with Crippen molar-refractivity contribution in [3.05, 3.63) is 11.1 Å². The minimum absolute atomic E-state index is 0.0383. The fourth-order valence-electron chi connectivity index (χ4n) is 1.89. The molecule has 0 aromatic heterocycles. The van der Waals surface area contributed by atoms with Crippen molar-refractivity contribution in [3.8, 4) is 0 Å². The molecule has 5 heteroatoms. The molecule has 1 fully saturated rings. The molecule has 1 aliphatic carbocycles. The molecule has 0 aromatic carbocycles. The van der Waals surface area contributed by atoms with E-state index < -0.39 is 17.9 Å². The number of carboxylic acids is 1. The van der Waals surface area contributed by atoms with Crippen LogP contribution in [0.2, 0.25) is 0 Å². The second kappa shape index (κ2) is 4.45. The molecule has 0 unspecified atom stereocenters. The van der Waals surface area contributed by atoms with E-state index >= 15 is 0 Å². The van der Waals surface area contributed by atoms with Crippen LogP contribution >= 0.6 is 11.6 Å². The third-order valence-electron chi connectivity index (χ3n) is 2.97. The Hall–Kier alpha value is -1.03. The van der Waals surface area contributed by atoms with E-state index in [0.29, 0.717) is 0 Å². The number of ether oxygens (including phenoxy) is 1. The van der Waals surface area contributed by atoms with Crippen LogP contribution in [0.1, 0.15) is 20.8 Å². The smallest absolute Gasteiger partial charge is 0.349 e. The van der Waals surface area contributed by atoms with Gasteiger partial charge in [0, 0.05) is 0 Å². The number of hydrogen-bond acceptors (Lipinski definition) is 3. The van der Waals surface area contributed by atoms with Crippen LogP contribution in [0.5, 0.6) is 0 Å². The van der Waals surface area contributed by atoms with Crippen LogP contribution in [0.3, 0.4) is 0 Å². The molecule has 0 radical (unpaired) electrons. The number of esters is 1. The molecule has 0 heterocycles. The third kappa shape index (κ3) is 2.38. The van der Waals surface area contributed by atoms with Crippen LogP contribution in [0, 0.1) is 17.3 Å². The molecule has 0 aromatic rings. The number of carbonyl (C=O) groups excluding carboxylic acids is 1. The lowest BCUT2D eigenvalue weighted by molar-refractivity contribution is -0.140. The Labute approximate surface area is 99.2 Å². The topological polar surface area (TPSA) is 63.6 Å². The summed E-state index contributed by atoms with van der Waals surface area (Å²) in [5.41, 5.74) is -0.349. The number of allylic oxidation sites excluding steroid dienone is 1. The Kier molecular flexibility index (Phi) is 3.63. The van der Waals surface area contributed by atoms with Crippen molar-refractivity contribution in [2.75, 3.05) is 6.61 Å². The van der Waals surface area contributed by atoms with Gasteiger partial charge >= 0.3 is 11.9 Å². The molecule has 0 aliphatic heterocycles. The molecule has 1 N–H and O–H groups in total. The number of hydrogen-bond donors (Lipinski definition) is 1. The summed E-state index contributed by atoms with van der Waals surface area (Å²) in [5, 5.41) is 8.89. The predicted molar refractivity (Wildman–Crippen MR) is 59.0 cm³/mol. The monoisotopic (exact) mass is 246 g/mol. The van der Waals surface area contributed by atoms with Gasteiger partial charge < -0.3 is 9.84 Å². The normalized spacial score (nSPS) is 27.4. The quantitative estimate of drug-likeness (QED) is 0.609. The maximum Gasteiger partial charge on any atom is 0.349 e. The lowest BCUT2D eigenvalue weighted by atomic mass is 10.1. The Morgan fingerprint density at radius 3 is 2.44 bits per heavy atom. The highest BCUT2D eigenvalue weighted by Gasteiger charge is 2.61. The largest absolute Gasteiger partial charge is 0.481 e. The van der Waals surface area contributed by atoms with Gasteiger partial charge in [0.1, 0.15) is 5.03 Å². The molecule has 0 spiro atoms. The van der Waals surface area contributed by atoms with Crippen LogP contribution in [-0.4, -0.2) is 23.7 Å². The highest BCUT2D eigenvalue weighted by molar-refractivity contribution is 6.41. The molecule has 1 aliphatic rings. The maximum absolute atomic E-state index is 11.2. The molecular weight excluding hydrogens is 232 g/mol. The Morgan fingerprint density at radius 1 is 1.50 bits per heavy atom. The van der Waals surface area contributed by atoms with Crippen LogP contribution < -0.4 is 0 Å². The lowest BCUT2D eigenvalue weighted by Gasteiger charge is -2.00. The molecule has 0 saturated heterocycles. The zero-order valence-corrected chi connectivity index (χ0v) is 10.2. The first-order chi connectivity index (χ1) is 7.32. The van der Waals surface area contributed by atoms with Crippen molar-refractivity contribution < 1.29 is 19.4 Å². The zero-order valence-electron chi connectivity index (χ0n) is 9.49. The highest BCUT2D eigenvalue weighted by Crippen LogP contribution is 2.59. The van der Waals surface area contributed by atoms with Crippen molar-refractivity contribution in [1.82, 2.24) is 0 Å². The number of carboxylic acid groups (broad SMARTS) is 1. The first kappa shape index (κ1) is 13.0. The SMILES string of the molecule is CCOC(=O)C(Cl)=C[C@@H]1[C@H](C(=O)O)C1(C)C. The van der Waals surface area contributed by atoms with Crippen molar-refractivity contribution in [2.24, 2.45) is 17.3 Å². The number of rotatable bonds is 4. The minimum atomic E-state index is -0.862. The molecule has 1 rings (SSSR count). The molecule has 16 heavy (non-hydrogen) atoms. The minimum Gasteiger partial charge on any atom is -0.481 e. The summed E-state index contributed by atoms with van der Waals surface area (Å²) in [7, 11) is 0. The second-order valence-corrected chi connectivity index (χ2v) is 4.81. The molecule has 4 nitrogen and oxygen atoms in total. The zero-order chi connectivity index (χ0) is 12.5. The number of halogens is 1. The molecular formula is C11H15ClO4. The summed E-state index contributed by atoms with van der Waals surface area (Å²) < 4.78 is 4.71. The van der Waals surface area contributed by atoms with E-state index in [-0.39, 0.29) is 23.0 Å². The van der Waals surface area contributed by atoms with Crippen molar-refractivity contribution >= 4 is 23.5 Å². The summed E-state index contributed by atoms with van der Waals surface area (Å²) in [6, 6.07) is 0. The van der Waals surface area contributed by atoms with E-state index in [9.17, 15) is 9.59 Å². The molecule has 1 saturated carbocycles. The van der Waals surface area contributed by atoms with Crippen LogP contribution in [0.4, 0.5) is 0 Å². The lowest BCUT2D eigenvalue weighted by Crippen LogP contribution is -2.04. The summed E-state index contributed by atoms with van der Waals surface area (Å²) in [5.74, 6) is -2.15. The summed E-state index contributed by atoms with van der Waals surface area (Å²) in [4.78, 5) is 22.1. The van der Waals surface area contributed by atoms with Crippen LogP contribution in [0.15, 0.2) is 11.1 Å². The van der Waals surface area contributed by atoms with Crippen molar-refractivity contribution in [3.63, 3.8) is 0 Å². The maximum atomic E-state index is 11.2. The van der Waals surface area contributed by atoms with E-state index in [4.69, 9.17) is 21.4 Å². The van der Waals surface area contributed by atoms with Gasteiger partial charge in [0.25, 0.3) is 0 Å². The Balaban J connectivity index is 2.72. The third-order valence-corrected chi connectivity index (χ3v) is 3.25. The van der Waals surface area contributed by atoms with Gasteiger partial charge in [0.15, 0.2) is 0 Å². The Morgan fingerprint density at radius 2 is 2.06 bits per heavy atom. The summed E-state index contributed by atoms with van der Waals surface area (Å²) >= 11 is 5.74. The predicted octanol–water partition coefficient (Wildman–Crippen LogP) is 2.03. The molecule has 0 amide bonds. The van der Waals surface area contributed by atoms with Gasteiger partial charge in [-0.3, -0.25) is 4.79 Å². The van der Waals surface area contributed by atoms with Crippen molar-refractivity contribution in [2.45, 2.75) is 20.8 Å². The van der Waals surface area contributed by atoms with Crippen LogP contribution in [0.25, 0.3) is 0 Å². The van der Waals surface area contributed by atoms with E-state index in [1.165, 1.54) is 6.08 Å². The van der Waals surface area contributed by atoms with Gasteiger partial charge in [-0.2, -0.15) is 0 Å². The fraction of sp³-hybridized carbons (Fsp3) is 0.636. The standard InChI is InChI=1S/C11H15ClO4/c1-4-16-10(15)7(12)5-6-8(9(13)14)11(6,2)3/h5-6,8H,4H2,1-3H3,(H,13,14)/t6-,8-/m1/s1. The van der Waals surface area contributed by atoms with Gasteiger partial charge in [0.05, 0.1) is 12.5 Å².